The normalized spacial score (nSPS) is 16.9. The smallest absolute Gasteiger partial charge is 0.0638 e. The Hall–Kier alpha value is -0.990. The average molecular weight is 223 g/mol. The number of nitrogens with two attached hydrogens (primary N) is 1. The fourth-order valence-electron chi connectivity index (χ4n) is 1.76. The highest BCUT2D eigenvalue weighted by molar-refractivity contribution is 6.33. The van der Waals surface area contributed by atoms with Gasteiger partial charge in [-0.05, 0) is 24.1 Å². The fourth-order valence-corrected chi connectivity index (χ4v) is 1.96. The topological polar surface area (TPSA) is 29.3 Å². The quantitative estimate of drug-likeness (QED) is 0.616. The molecule has 80 valence electrons. The highest BCUT2D eigenvalue weighted by atomic mass is 35.5. The number of nitrogens with zero attached hydrogens (tertiary/aromatic N) is 1. The molecule has 15 heavy (non-hydrogen) atoms. The van der Waals surface area contributed by atoms with Crippen LogP contribution >= 0.6 is 11.6 Å². The second-order valence-electron chi connectivity index (χ2n) is 3.85. The number of benzene rings is 1. The van der Waals surface area contributed by atoms with Gasteiger partial charge in [0, 0.05) is 19.6 Å². The molecule has 0 spiro atoms. The molecule has 1 aliphatic heterocycles. The van der Waals surface area contributed by atoms with Crippen LogP contribution in [-0.4, -0.2) is 18.0 Å². The lowest BCUT2D eigenvalue weighted by Gasteiger charge is -2.23. The summed E-state index contributed by atoms with van der Waals surface area (Å²) in [7, 11) is 0. The van der Waals surface area contributed by atoms with E-state index in [9.17, 15) is 0 Å². The third-order valence-corrected chi connectivity index (χ3v) is 2.94. The second kappa shape index (κ2) is 4.69. The van der Waals surface area contributed by atoms with Crippen molar-refractivity contribution in [3.8, 4) is 0 Å². The second-order valence-corrected chi connectivity index (χ2v) is 4.26. The molecule has 2 rings (SSSR count). The monoisotopic (exact) mass is 222 g/mol. The molecule has 1 aromatic rings. The molecule has 0 unspecified atom stereocenters. The van der Waals surface area contributed by atoms with Gasteiger partial charge >= 0.3 is 0 Å². The molecule has 0 aromatic heterocycles. The molecule has 3 heteroatoms. The predicted octanol–water partition coefficient (Wildman–Crippen LogP) is 2.68. The molecule has 1 heterocycles. The van der Waals surface area contributed by atoms with Crippen LogP contribution in [-0.2, 0) is 6.54 Å². The van der Waals surface area contributed by atoms with Gasteiger partial charge in [-0.2, -0.15) is 0 Å². The first-order valence-electron chi connectivity index (χ1n) is 5.17. The van der Waals surface area contributed by atoms with E-state index in [0.717, 1.165) is 26.1 Å². The van der Waals surface area contributed by atoms with E-state index in [1.165, 1.54) is 5.56 Å². The standard InChI is InChI=1S/C12H15ClN2/c13-11-8-10(4-5-12(11)14)9-15-6-2-1-3-7-15/h1-2,4-5,8H,3,6-7,9,14H2. The molecule has 0 aliphatic carbocycles. The summed E-state index contributed by atoms with van der Waals surface area (Å²) >= 11 is 5.97. The Morgan fingerprint density at radius 1 is 1.33 bits per heavy atom. The van der Waals surface area contributed by atoms with Gasteiger partial charge in [0.05, 0.1) is 10.7 Å². The average Bonchev–Trinajstić information content (AvgIpc) is 2.25. The predicted molar refractivity (Wildman–Crippen MR) is 64.9 cm³/mol. The minimum atomic E-state index is 0.652. The van der Waals surface area contributed by atoms with E-state index in [-0.39, 0.29) is 0 Å². The Labute approximate surface area is 95.3 Å². The van der Waals surface area contributed by atoms with Crippen LogP contribution in [0.2, 0.25) is 5.02 Å². The molecule has 0 saturated heterocycles. The molecular weight excluding hydrogens is 208 g/mol. The Bertz CT molecular complexity index is 374. The fraction of sp³-hybridized carbons (Fsp3) is 0.333. The number of hydrogen-bond acceptors (Lipinski definition) is 2. The van der Waals surface area contributed by atoms with Gasteiger partial charge in [-0.3, -0.25) is 4.90 Å². The third-order valence-electron chi connectivity index (χ3n) is 2.61. The Kier molecular flexibility index (Phi) is 3.29. The zero-order valence-electron chi connectivity index (χ0n) is 8.62. The maximum atomic E-state index is 5.97. The summed E-state index contributed by atoms with van der Waals surface area (Å²) in [6, 6.07) is 5.87. The first-order valence-corrected chi connectivity index (χ1v) is 5.55. The number of rotatable bonds is 2. The van der Waals surface area contributed by atoms with Crippen LogP contribution in [0, 0.1) is 0 Å². The van der Waals surface area contributed by atoms with Crippen LogP contribution in [0.4, 0.5) is 5.69 Å². The van der Waals surface area contributed by atoms with Gasteiger partial charge in [0.15, 0.2) is 0 Å². The van der Waals surface area contributed by atoms with Crippen LogP contribution in [0.25, 0.3) is 0 Å². The van der Waals surface area contributed by atoms with Crippen molar-refractivity contribution in [1.82, 2.24) is 4.90 Å². The number of hydrogen-bond donors (Lipinski definition) is 1. The van der Waals surface area contributed by atoms with Crippen LogP contribution in [0.1, 0.15) is 12.0 Å². The summed E-state index contributed by atoms with van der Waals surface area (Å²) in [4.78, 5) is 2.39. The van der Waals surface area contributed by atoms with Gasteiger partial charge in [-0.25, -0.2) is 0 Å². The zero-order chi connectivity index (χ0) is 10.7. The molecule has 0 amide bonds. The van der Waals surface area contributed by atoms with Crippen molar-refractivity contribution in [2.24, 2.45) is 0 Å². The van der Waals surface area contributed by atoms with Gasteiger partial charge in [-0.1, -0.05) is 29.8 Å². The first kappa shape index (κ1) is 10.5. The number of anilines is 1. The van der Waals surface area contributed by atoms with E-state index in [2.05, 4.69) is 17.1 Å². The summed E-state index contributed by atoms with van der Waals surface area (Å²) < 4.78 is 0. The minimum absolute atomic E-state index is 0.652. The van der Waals surface area contributed by atoms with Gasteiger partial charge in [0.2, 0.25) is 0 Å². The zero-order valence-corrected chi connectivity index (χ0v) is 9.37. The molecule has 0 fully saturated rings. The molecular formula is C12H15ClN2. The molecule has 0 atom stereocenters. The van der Waals surface area contributed by atoms with Crippen LogP contribution in [0.5, 0.6) is 0 Å². The van der Waals surface area contributed by atoms with Gasteiger partial charge in [0.1, 0.15) is 0 Å². The SMILES string of the molecule is Nc1ccc(CN2CC=CCC2)cc1Cl. The Balaban J connectivity index is 2.04. The lowest BCUT2D eigenvalue weighted by molar-refractivity contribution is 0.291. The molecule has 2 N–H and O–H groups in total. The van der Waals surface area contributed by atoms with Gasteiger partial charge < -0.3 is 5.73 Å². The van der Waals surface area contributed by atoms with E-state index < -0.39 is 0 Å². The van der Waals surface area contributed by atoms with E-state index >= 15 is 0 Å². The lowest BCUT2D eigenvalue weighted by atomic mass is 10.1. The molecule has 2 nitrogen and oxygen atoms in total. The highest BCUT2D eigenvalue weighted by Gasteiger charge is 2.07. The van der Waals surface area contributed by atoms with Crippen molar-refractivity contribution in [2.45, 2.75) is 13.0 Å². The minimum Gasteiger partial charge on any atom is -0.398 e. The van der Waals surface area contributed by atoms with Crippen molar-refractivity contribution < 1.29 is 0 Å². The summed E-state index contributed by atoms with van der Waals surface area (Å²) in [5.74, 6) is 0. The number of halogens is 1. The van der Waals surface area contributed by atoms with Gasteiger partial charge in [0.25, 0.3) is 0 Å². The van der Waals surface area contributed by atoms with Gasteiger partial charge in [-0.15, -0.1) is 0 Å². The lowest BCUT2D eigenvalue weighted by Crippen LogP contribution is -2.26. The summed E-state index contributed by atoms with van der Waals surface area (Å²) in [6.45, 7) is 3.10. The molecule has 1 aromatic carbocycles. The van der Waals surface area contributed by atoms with E-state index in [1.54, 1.807) is 0 Å². The van der Waals surface area contributed by atoms with Crippen molar-refractivity contribution in [2.75, 3.05) is 18.8 Å². The van der Waals surface area contributed by atoms with E-state index in [0.29, 0.717) is 10.7 Å². The van der Waals surface area contributed by atoms with Crippen molar-refractivity contribution in [3.63, 3.8) is 0 Å². The van der Waals surface area contributed by atoms with Crippen molar-refractivity contribution >= 4 is 17.3 Å². The summed E-state index contributed by atoms with van der Waals surface area (Å²) in [5.41, 5.74) is 7.54. The van der Waals surface area contributed by atoms with Crippen LogP contribution in [0.15, 0.2) is 30.4 Å². The molecule has 0 saturated carbocycles. The number of nitrogen functional groups attached to an aromatic ring is 1. The Morgan fingerprint density at radius 2 is 2.20 bits per heavy atom. The van der Waals surface area contributed by atoms with E-state index in [4.69, 9.17) is 17.3 Å². The Morgan fingerprint density at radius 3 is 2.87 bits per heavy atom. The highest BCUT2D eigenvalue weighted by Crippen LogP contribution is 2.20. The molecule has 0 bridgehead atoms. The molecule has 1 aliphatic rings. The van der Waals surface area contributed by atoms with Crippen molar-refractivity contribution in [3.05, 3.63) is 40.9 Å². The van der Waals surface area contributed by atoms with Crippen LogP contribution in [0.3, 0.4) is 0 Å². The van der Waals surface area contributed by atoms with Crippen LogP contribution < -0.4 is 5.73 Å². The third kappa shape index (κ3) is 2.74. The maximum Gasteiger partial charge on any atom is 0.0638 e. The molecule has 0 radical (unpaired) electrons. The first-order chi connectivity index (χ1) is 7.25. The summed E-state index contributed by atoms with van der Waals surface area (Å²) in [6.07, 6.45) is 5.58. The van der Waals surface area contributed by atoms with E-state index in [1.807, 2.05) is 18.2 Å². The largest absolute Gasteiger partial charge is 0.398 e. The maximum absolute atomic E-state index is 5.97. The summed E-state index contributed by atoms with van der Waals surface area (Å²) in [5, 5.41) is 0.653. The van der Waals surface area contributed by atoms with Crippen molar-refractivity contribution in [1.29, 1.82) is 0 Å².